The van der Waals surface area contributed by atoms with Gasteiger partial charge in [-0.2, -0.15) is 13.2 Å². The number of alkyl halides is 3. The average molecular weight is 268 g/mol. The lowest BCUT2D eigenvalue weighted by atomic mass is 10.0. The molecule has 5 nitrogen and oxygen atoms in total. The Morgan fingerprint density at radius 3 is 2.50 bits per heavy atom. The lowest BCUT2D eigenvalue weighted by molar-refractivity contribution is -0.143. The van der Waals surface area contributed by atoms with Crippen LogP contribution in [0.1, 0.15) is 13.3 Å². The number of halogens is 3. The number of carbonyl (C=O) groups excluding carboxylic acids is 1. The van der Waals surface area contributed by atoms with Crippen molar-refractivity contribution < 1.29 is 27.9 Å². The maximum atomic E-state index is 11.9. The molecule has 1 aliphatic rings. The van der Waals surface area contributed by atoms with Crippen LogP contribution in [-0.4, -0.2) is 53.7 Å². The molecule has 2 atom stereocenters. The van der Waals surface area contributed by atoms with Crippen LogP contribution in [0.15, 0.2) is 0 Å². The molecule has 1 fully saturated rings. The Kier molecular flexibility index (Phi) is 4.55. The van der Waals surface area contributed by atoms with E-state index in [1.54, 1.807) is 17.1 Å². The molecule has 0 saturated carbocycles. The van der Waals surface area contributed by atoms with Crippen LogP contribution in [0.4, 0.5) is 13.2 Å². The van der Waals surface area contributed by atoms with Crippen molar-refractivity contribution in [1.82, 2.24) is 10.2 Å². The first-order valence-corrected chi connectivity index (χ1v) is 5.51. The monoisotopic (exact) mass is 268 g/mol. The van der Waals surface area contributed by atoms with Crippen molar-refractivity contribution in [3.8, 4) is 0 Å². The van der Waals surface area contributed by atoms with Crippen molar-refractivity contribution in [2.45, 2.75) is 25.6 Å². The molecule has 18 heavy (non-hydrogen) atoms. The normalized spacial score (nSPS) is 25.1. The summed E-state index contributed by atoms with van der Waals surface area (Å²) >= 11 is 0. The Morgan fingerprint density at radius 1 is 1.44 bits per heavy atom. The van der Waals surface area contributed by atoms with Crippen molar-refractivity contribution in [3.63, 3.8) is 0 Å². The summed E-state index contributed by atoms with van der Waals surface area (Å²) in [5, 5.41) is 10.6. The van der Waals surface area contributed by atoms with E-state index in [0.717, 1.165) is 0 Å². The third-order valence-corrected chi connectivity index (χ3v) is 3.04. The number of nitrogens with zero attached hydrogens (tertiary/aromatic N) is 1. The van der Waals surface area contributed by atoms with Gasteiger partial charge in [-0.15, -0.1) is 0 Å². The maximum absolute atomic E-state index is 11.9. The van der Waals surface area contributed by atoms with E-state index in [0.29, 0.717) is 13.0 Å². The number of nitrogens with one attached hydrogen (secondary N) is 1. The number of carboxylic acids is 1. The number of carboxylic acid groups (broad SMARTS) is 1. The van der Waals surface area contributed by atoms with E-state index in [2.05, 4.69) is 0 Å². The highest BCUT2D eigenvalue weighted by Gasteiger charge is 2.36. The molecule has 0 aromatic rings. The Balaban J connectivity index is 2.40. The zero-order chi connectivity index (χ0) is 13.9. The van der Waals surface area contributed by atoms with Crippen molar-refractivity contribution in [1.29, 1.82) is 0 Å². The molecule has 2 unspecified atom stereocenters. The SMILES string of the molecule is CC1C(C(=O)O)CCN1CC(=O)NCC(F)(F)F. The van der Waals surface area contributed by atoms with Crippen LogP contribution in [0.3, 0.4) is 0 Å². The first-order valence-electron chi connectivity index (χ1n) is 5.51. The van der Waals surface area contributed by atoms with Gasteiger partial charge < -0.3 is 10.4 Å². The fraction of sp³-hybridized carbons (Fsp3) is 0.800. The summed E-state index contributed by atoms with van der Waals surface area (Å²) < 4.78 is 35.6. The van der Waals surface area contributed by atoms with Gasteiger partial charge in [0.2, 0.25) is 5.91 Å². The molecular weight excluding hydrogens is 253 g/mol. The van der Waals surface area contributed by atoms with Crippen LogP contribution in [0.25, 0.3) is 0 Å². The molecule has 0 bridgehead atoms. The first kappa shape index (κ1) is 14.7. The summed E-state index contributed by atoms with van der Waals surface area (Å²) in [6.07, 6.45) is -4.03. The summed E-state index contributed by atoms with van der Waals surface area (Å²) in [5.74, 6) is -2.26. The molecule has 1 aliphatic heterocycles. The smallest absolute Gasteiger partial charge is 0.405 e. The van der Waals surface area contributed by atoms with E-state index < -0.39 is 30.5 Å². The molecule has 1 rings (SSSR count). The third kappa shape index (κ3) is 4.17. The van der Waals surface area contributed by atoms with E-state index in [9.17, 15) is 22.8 Å². The molecular formula is C10H15F3N2O3. The van der Waals surface area contributed by atoms with Gasteiger partial charge in [-0.1, -0.05) is 0 Å². The topological polar surface area (TPSA) is 69.6 Å². The lowest BCUT2D eigenvalue weighted by Crippen LogP contribution is -2.43. The van der Waals surface area contributed by atoms with Crippen molar-refractivity contribution >= 4 is 11.9 Å². The largest absolute Gasteiger partial charge is 0.481 e. The molecule has 104 valence electrons. The second-order valence-electron chi connectivity index (χ2n) is 4.34. The summed E-state index contributed by atoms with van der Waals surface area (Å²) in [4.78, 5) is 23.7. The average Bonchev–Trinajstić information content (AvgIpc) is 2.57. The van der Waals surface area contributed by atoms with Crippen molar-refractivity contribution in [3.05, 3.63) is 0 Å². The van der Waals surface area contributed by atoms with Gasteiger partial charge in [-0.3, -0.25) is 14.5 Å². The molecule has 0 radical (unpaired) electrons. The number of likely N-dealkylation sites (tertiary alicyclic amines) is 1. The second-order valence-corrected chi connectivity index (χ2v) is 4.34. The van der Waals surface area contributed by atoms with Crippen LogP contribution in [0.5, 0.6) is 0 Å². The summed E-state index contributed by atoms with van der Waals surface area (Å²) in [6, 6.07) is -0.348. The van der Waals surface area contributed by atoms with Gasteiger partial charge in [0.05, 0.1) is 12.5 Å². The molecule has 0 aliphatic carbocycles. The predicted molar refractivity (Wildman–Crippen MR) is 55.8 cm³/mol. The Morgan fingerprint density at radius 2 is 2.06 bits per heavy atom. The van der Waals surface area contributed by atoms with Crippen LogP contribution in [0.2, 0.25) is 0 Å². The number of hydrogen-bond donors (Lipinski definition) is 2. The lowest BCUT2D eigenvalue weighted by Gasteiger charge is -2.22. The van der Waals surface area contributed by atoms with Crippen LogP contribution in [0, 0.1) is 5.92 Å². The quantitative estimate of drug-likeness (QED) is 0.777. The fourth-order valence-corrected chi connectivity index (χ4v) is 2.00. The van der Waals surface area contributed by atoms with Crippen molar-refractivity contribution in [2.75, 3.05) is 19.6 Å². The van der Waals surface area contributed by atoms with E-state index in [-0.39, 0.29) is 12.6 Å². The summed E-state index contributed by atoms with van der Waals surface area (Å²) in [6.45, 7) is 0.484. The highest BCUT2D eigenvalue weighted by molar-refractivity contribution is 5.78. The van der Waals surface area contributed by atoms with Gasteiger partial charge in [0.25, 0.3) is 0 Å². The van der Waals surface area contributed by atoms with E-state index in [1.165, 1.54) is 0 Å². The summed E-state index contributed by atoms with van der Waals surface area (Å²) in [5.41, 5.74) is 0. The first-order chi connectivity index (χ1) is 8.20. The molecule has 0 aromatic carbocycles. The zero-order valence-corrected chi connectivity index (χ0v) is 9.83. The van der Waals surface area contributed by atoms with Crippen LogP contribution >= 0.6 is 0 Å². The van der Waals surface area contributed by atoms with Gasteiger partial charge in [0, 0.05) is 6.04 Å². The molecule has 8 heteroatoms. The number of aliphatic carboxylic acids is 1. The van der Waals surface area contributed by atoms with E-state index in [1.807, 2.05) is 0 Å². The van der Waals surface area contributed by atoms with E-state index in [4.69, 9.17) is 5.11 Å². The fourth-order valence-electron chi connectivity index (χ4n) is 2.00. The molecule has 1 heterocycles. The third-order valence-electron chi connectivity index (χ3n) is 3.04. The van der Waals surface area contributed by atoms with Gasteiger partial charge >= 0.3 is 12.1 Å². The number of rotatable bonds is 4. The zero-order valence-electron chi connectivity index (χ0n) is 9.83. The summed E-state index contributed by atoms with van der Waals surface area (Å²) in [7, 11) is 0. The number of carbonyl (C=O) groups is 2. The van der Waals surface area contributed by atoms with Crippen LogP contribution in [-0.2, 0) is 9.59 Å². The second kappa shape index (κ2) is 5.55. The minimum Gasteiger partial charge on any atom is -0.481 e. The minimum atomic E-state index is -4.43. The standard InChI is InChI=1S/C10H15F3N2O3/c1-6-7(9(17)18)2-3-15(6)4-8(16)14-5-10(11,12)13/h6-7H,2-5H2,1H3,(H,14,16)(H,17,18). The number of hydrogen-bond acceptors (Lipinski definition) is 3. The molecule has 0 spiro atoms. The highest BCUT2D eigenvalue weighted by atomic mass is 19.4. The molecule has 1 amide bonds. The predicted octanol–water partition coefficient (Wildman–Crippen LogP) is 0.460. The van der Waals surface area contributed by atoms with Crippen molar-refractivity contribution in [2.24, 2.45) is 5.92 Å². The van der Waals surface area contributed by atoms with Crippen LogP contribution < -0.4 is 5.32 Å². The van der Waals surface area contributed by atoms with Gasteiger partial charge in [0.1, 0.15) is 6.54 Å². The maximum Gasteiger partial charge on any atom is 0.405 e. The Hall–Kier alpha value is -1.31. The van der Waals surface area contributed by atoms with E-state index >= 15 is 0 Å². The number of amides is 1. The highest BCUT2D eigenvalue weighted by Crippen LogP contribution is 2.23. The van der Waals surface area contributed by atoms with Gasteiger partial charge in [0.15, 0.2) is 0 Å². The van der Waals surface area contributed by atoms with Gasteiger partial charge in [-0.05, 0) is 19.9 Å². The van der Waals surface area contributed by atoms with Gasteiger partial charge in [-0.25, -0.2) is 0 Å². The Labute approximate surface area is 102 Å². The molecule has 1 saturated heterocycles. The molecule has 0 aromatic heterocycles. The Bertz CT molecular complexity index is 333. The molecule has 2 N–H and O–H groups in total. The minimum absolute atomic E-state index is 0.207.